The molecule has 0 radical (unpaired) electrons. The van der Waals surface area contributed by atoms with E-state index in [-0.39, 0.29) is 25.4 Å². The molecule has 0 bridgehead atoms. The molecule has 1 aliphatic carbocycles. The fraction of sp³-hybridized carbons (Fsp3) is 0.938. The van der Waals surface area contributed by atoms with Gasteiger partial charge in [0.15, 0.2) is 0 Å². The molecule has 1 aliphatic rings. The molecule has 0 heterocycles. The zero-order chi connectivity index (χ0) is 19.7. The summed E-state index contributed by atoms with van der Waals surface area (Å²) < 4.78 is 70.2. The van der Waals surface area contributed by atoms with E-state index in [1.54, 1.807) is 13.8 Å². The number of esters is 1. The third-order valence-electron chi connectivity index (χ3n) is 5.09. The highest BCUT2D eigenvalue weighted by molar-refractivity contribution is 5.75. The molecule has 4 nitrogen and oxygen atoms in total. The number of carbonyl (C=O) groups excluding carboxylic acids is 1. The van der Waals surface area contributed by atoms with Gasteiger partial charge >= 0.3 is 18.1 Å². The zero-order valence-corrected chi connectivity index (χ0v) is 14.5. The summed E-state index contributed by atoms with van der Waals surface area (Å²) >= 11 is 0. The quantitative estimate of drug-likeness (QED) is 0.551. The number of halogens is 5. The van der Waals surface area contributed by atoms with Crippen molar-refractivity contribution in [2.24, 2.45) is 11.3 Å². The zero-order valence-electron chi connectivity index (χ0n) is 14.5. The van der Waals surface area contributed by atoms with E-state index in [9.17, 15) is 31.9 Å². The lowest BCUT2D eigenvalue weighted by atomic mass is 9.74. The van der Waals surface area contributed by atoms with Crippen LogP contribution in [0, 0.1) is 11.3 Å². The van der Waals surface area contributed by atoms with Crippen LogP contribution in [0.5, 0.6) is 0 Å². The summed E-state index contributed by atoms with van der Waals surface area (Å²) in [6.45, 7) is 5.18. The normalized spacial score (nSPS) is 27.0. The van der Waals surface area contributed by atoms with E-state index in [4.69, 9.17) is 9.84 Å². The van der Waals surface area contributed by atoms with Gasteiger partial charge in [0.2, 0.25) is 6.10 Å². The number of aliphatic hydroxyl groups is 2. The Morgan fingerprint density at radius 2 is 1.68 bits per heavy atom. The van der Waals surface area contributed by atoms with E-state index >= 15 is 0 Å². The van der Waals surface area contributed by atoms with Gasteiger partial charge in [-0.05, 0) is 51.9 Å². The molecule has 1 rings (SSSR count). The fourth-order valence-electron chi connectivity index (χ4n) is 2.65. The van der Waals surface area contributed by atoms with Crippen molar-refractivity contribution in [1.82, 2.24) is 0 Å². The van der Waals surface area contributed by atoms with Crippen LogP contribution in [0.4, 0.5) is 22.0 Å². The van der Waals surface area contributed by atoms with Crippen LogP contribution in [0.2, 0.25) is 0 Å². The van der Waals surface area contributed by atoms with Gasteiger partial charge in [0.05, 0.1) is 12.0 Å². The molecule has 148 valence electrons. The molecule has 9 heteroatoms. The van der Waals surface area contributed by atoms with Crippen molar-refractivity contribution in [3.05, 3.63) is 0 Å². The number of rotatable bonds is 6. The smallest absolute Gasteiger partial charge is 0.420 e. The van der Waals surface area contributed by atoms with Crippen molar-refractivity contribution in [3.8, 4) is 0 Å². The van der Waals surface area contributed by atoms with E-state index in [1.165, 1.54) is 0 Å². The van der Waals surface area contributed by atoms with E-state index in [1.807, 2.05) is 6.92 Å². The maximum Gasteiger partial charge on any atom is 0.420 e. The molecule has 1 unspecified atom stereocenters. The van der Waals surface area contributed by atoms with Gasteiger partial charge in [-0.25, -0.2) is 8.78 Å². The standard InChI is InChI=1S/C16H25F5O4/c1-4-13(2,3)12(23)25-9-10-5-7-14(24,8-6-10)15(17,18)11(22)16(19,20)21/h10-11,22,24H,4-9H2,1-3H3. The molecule has 1 fully saturated rings. The largest absolute Gasteiger partial charge is 0.465 e. The molecule has 25 heavy (non-hydrogen) atoms. The van der Waals surface area contributed by atoms with Gasteiger partial charge < -0.3 is 14.9 Å². The first-order valence-corrected chi connectivity index (χ1v) is 8.19. The first kappa shape index (κ1) is 22.1. The van der Waals surface area contributed by atoms with Crippen LogP contribution in [0.1, 0.15) is 52.9 Å². The summed E-state index contributed by atoms with van der Waals surface area (Å²) in [7, 11) is 0. The van der Waals surface area contributed by atoms with Crippen molar-refractivity contribution < 1.29 is 41.7 Å². The van der Waals surface area contributed by atoms with Crippen LogP contribution in [0.25, 0.3) is 0 Å². The van der Waals surface area contributed by atoms with Gasteiger partial charge in [-0.1, -0.05) is 6.92 Å². The second kappa shape index (κ2) is 7.34. The topological polar surface area (TPSA) is 66.8 Å². The summed E-state index contributed by atoms with van der Waals surface area (Å²) in [5, 5.41) is 18.9. The van der Waals surface area contributed by atoms with Crippen LogP contribution in [0.3, 0.4) is 0 Å². The second-order valence-electron chi connectivity index (χ2n) is 7.38. The van der Waals surface area contributed by atoms with Crippen LogP contribution in [0.15, 0.2) is 0 Å². The minimum Gasteiger partial charge on any atom is -0.465 e. The first-order chi connectivity index (χ1) is 11.2. The molecule has 1 atom stereocenters. The highest BCUT2D eigenvalue weighted by atomic mass is 19.4. The van der Waals surface area contributed by atoms with Gasteiger partial charge in [0.25, 0.3) is 0 Å². The molecule has 2 N–H and O–H groups in total. The van der Waals surface area contributed by atoms with Crippen LogP contribution < -0.4 is 0 Å². The summed E-state index contributed by atoms with van der Waals surface area (Å²) in [5.74, 6) is -5.47. The van der Waals surface area contributed by atoms with Gasteiger partial charge in [-0.2, -0.15) is 13.2 Å². The van der Waals surface area contributed by atoms with E-state index < -0.39 is 48.0 Å². The lowest BCUT2D eigenvalue weighted by molar-refractivity contribution is -0.319. The Balaban J connectivity index is 2.64. The third-order valence-corrected chi connectivity index (χ3v) is 5.09. The van der Waals surface area contributed by atoms with E-state index in [2.05, 4.69) is 0 Å². The number of hydrogen-bond donors (Lipinski definition) is 2. The summed E-state index contributed by atoms with van der Waals surface area (Å²) in [6.07, 6.45) is -10.2. The average molecular weight is 376 g/mol. The molecular formula is C16H25F5O4. The van der Waals surface area contributed by atoms with Gasteiger partial charge in [0, 0.05) is 0 Å². The van der Waals surface area contributed by atoms with Crippen molar-refractivity contribution >= 4 is 5.97 Å². The minimum atomic E-state index is -5.53. The van der Waals surface area contributed by atoms with Crippen molar-refractivity contribution in [1.29, 1.82) is 0 Å². The van der Waals surface area contributed by atoms with Gasteiger partial charge in [-0.3, -0.25) is 4.79 Å². The third kappa shape index (κ3) is 4.81. The minimum absolute atomic E-state index is 0.0312. The lowest BCUT2D eigenvalue weighted by Gasteiger charge is -2.43. The Morgan fingerprint density at radius 1 is 1.20 bits per heavy atom. The summed E-state index contributed by atoms with van der Waals surface area (Å²) in [5.41, 5.74) is -3.62. The first-order valence-electron chi connectivity index (χ1n) is 8.19. The number of ether oxygens (including phenoxy) is 1. The Kier molecular flexibility index (Phi) is 6.49. The molecule has 0 aromatic rings. The van der Waals surface area contributed by atoms with Gasteiger partial charge in [-0.15, -0.1) is 0 Å². The summed E-state index contributed by atoms with van der Waals surface area (Å²) in [6, 6.07) is 0. The number of alkyl halides is 5. The van der Waals surface area contributed by atoms with Gasteiger partial charge in [0.1, 0.15) is 5.60 Å². The molecule has 0 aliphatic heterocycles. The van der Waals surface area contributed by atoms with Crippen LogP contribution in [-0.2, 0) is 9.53 Å². The number of hydrogen-bond acceptors (Lipinski definition) is 4. The predicted octanol–water partition coefficient (Wildman–Crippen LogP) is 3.45. The molecule has 0 amide bonds. The molecule has 0 saturated heterocycles. The molecular weight excluding hydrogens is 351 g/mol. The SMILES string of the molecule is CCC(C)(C)C(=O)OCC1CCC(O)(C(F)(F)C(O)C(F)(F)F)CC1. The van der Waals surface area contributed by atoms with Crippen LogP contribution in [-0.4, -0.2) is 46.6 Å². The second-order valence-corrected chi connectivity index (χ2v) is 7.38. The molecule has 0 spiro atoms. The van der Waals surface area contributed by atoms with Crippen molar-refractivity contribution in [3.63, 3.8) is 0 Å². The highest BCUT2D eigenvalue weighted by Crippen LogP contribution is 2.47. The highest BCUT2D eigenvalue weighted by Gasteiger charge is 2.65. The van der Waals surface area contributed by atoms with Crippen molar-refractivity contribution in [2.45, 2.75) is 76.7 Å². The number of aliphatic hydroxyl groups excluding tert-OH is 1. The predicted molar refractivity (Wildman–Crippen MR) is 78.9 cm³/mol. The van der Waals surface area contributed by atoms with E-state index in [0.29, 0.717) is 6.42 Å². The Bertz CT molecular complexity index is 468. The maximum atomic E-state index is 13.9. The van der Waals surface area contributed by atoms with Crippen LogP contribution >= 0.6 is 0 Å². The lowest BCUT2D eigenvalue weighted by Crippen LogP contribution is -2.60. The maximum absolute atomic E-state index is 13.9. The Hall–Kier alpha value is -0.960. The number of carbonyl (C=O) groups is 1. The summed E-state index contributed by atoms with van der Waals surface area (Å²) in [4.78, 5) is 11.9. The molecule has 0 aromatic heterocycles. The Morgan fingerprint density at radius 3 is 2.08 bits per heavy atom. The molecule has 1 saturated carbocycles. The van der Waals surface area contributed by atoms with Crippen molar-refractivity contribution in [2.75, 3.05) is 6.61 Å². The molecule has 0 aromatic carbocycles. The monoisotopic (exact) mass is 376 g/mol. The van der Waals surface area contributed by atoms with E-state index in [0.717, 1.165) is 0 Å². The Labute approximate surface area is 143 Å². The fourth-order valence-corrected chi connectivity index (χ4v) is 2.65. The average Bonchev–Trinajstić information content (AvgIpc) is 2.52.